The number of nitrogens with zero attached hydrogens (tertiary/aromatic N) is 2. The summed E-state index contributed by atoms with van der Waals surface area (Å²) in [6.45, 7) is 12.5. The van der Waals surface area contributed by atoms with Crippen LogP contribution in [0.4, 0.5) is 0 Å². The Morgan fingerprint density at radius 1 is 1.06 bits per heavy atom. The molecule has 0 rings (SSSR count). The van der Waals surface area contributed by atoms with Crippen LogP contribution in [0.15, 0.2) is 0 Å². The molecule has 102 valence electrons. The monoisotopic (exact) mass is 243 g/mol. The Hall–Kier alpha value is -0.610. The van der Waals surface area contributed by atoms with Crippen molar-refractivity contribution >= 4 is 5.91 Å². The molecule has 1 unspecified atom stereocenters. The molecule has 17 heavy (non-hydrogen) atoms. The van der Waals surface area contributed by atoms with Gasteiger partial charge in [-0.25, -0.2) is 0 Å². The van der Waals surface area contributed by atoms with E-state index >= 15 is 0 Å². The number of hydrogen-bond donors (Lipinski definition) is 1. The first-order valence-electron chi connectivity index (χ1n) is 6.47. The summed E-state index contributed by atoms with van der Waals surface area (Å²) in [5.41, 5.74) is 0. The molecule has 0 aromatic rings. The van der Waals surface area contributed by atoms with Crippen LogP contribution < -0.4 is 5.32 Å². The molecule has 0 spiro atoms. The van der Waals surface area contributed by atoms with Gasteiger partial charge in [-0.3, -0.25) is 9.69 Å². The molecule has 4 nitrogen and oxygen atoms in total. The molecule has 0 saturated carbocycles. The normalized spacial score (nSPS) is 13.5. The zero-order valence-corrected chi connectivity index (χ0v) is 12.4. The van der Waals surface area contributed by atoms with Crippen LogP contribution in [0.5, 0.6) is 0 Å². The lowest BCUT2D eigenvalue weighted by atomic mass is 10.2. The summed E-state index contributed by atoms with van der Waals surface area (Å²) in [5.74, 6) is 0.130. The second-order valence-corrected chi connectivity index (χ2v) is 5.33. The minimum Gasteiger partial charge on any atom is -0.347 e. The van der Waals surface area contributed by atoms with Gasteiger partial charge in [-0.05, 0) is 34.6 Å². The minimum absolute atomic E-state index is 0.105. The Balaban J connectivity index is 4.01. The molecule has 0 radical (unpaired) electrons. The third-order valence-electron chi connectivity index (χ3n) is 2.96. The van der Waals surface area contributed by atoms with E-state index in [0.29, 0.717) is 12.1 Å². The largest absolute Gasteiger partial charge is 0.347 e. The summed E-state index contributed by atoms with van der Waals surface area (Å²) in [5, 5.41) is 3.27. The molecule has 0 aromatic carbocycles. The van der Waals surface area contributed by atoms with Crippen molar-refractivity contribution in [2.75, 3.05) is 27.2 Å². The molecule has 0 fully saturated rings. The first-order valence-corrected chi connectivity index (χ1v) is 6.47. The van der Waals surface area contributed by atoms with E-state index in [0.717, 1.165) is 13.1 Å². The number of carbonyl (C=O) groups excluding carboxylic acids is 1. The number of rotatable bonds is 7. The first-order chi connectivity index (χ1) is 7.77. The number of nitrogens with one attached hydrogen (secondary N) is 1. The summed E-state index contributed by atoms with van der Waals surface area (Å²) < 4.78 is 0. The van der Waals surface area contributed by atoms with E-state index in [1.54, 1.807) is 19.0 Å². The maximum Gasteiger partial charge on any atom is 0.238 e. The van der Waals surface area contributed by atoms with Gasteiger partial charge in [0.05, 0.1) is 6.04 Å². The SMILES string of the molecule is CC(NCCN(C(C)C)C(C)C)C(=O)N(C)C. The maximum atomic E-state index is 11.6. The van der Waals surface area contributed by atoms with Gasteiger partial charge in [-0.1, -0.05) is 0 Å². The zero-order valence-electron chi connectivity index (χ0n) is 12.4. The highest BCUT2D eigenvalue weighted by molar-refractivity contribution is 5.80. The van der Waals surface area contributed by atoms with Crippen LogP contribution >= 0.6 is 0 Å². The third-order valence-corrected chi connectivity index (χ3v) is 2.96. The topological polar surface area (TPSA) is 35.6 Å². The van der Waals surface area contributed by atoms with E-state index in [1.807, 2.05) is 6.92 Å². The van der Waals surface area contributed by atoms with Gasteiger partial charge in [-0.15, -0.1) is 0 Å². The number of hydrogen-bond acceptors (Lipinski definition) is 3. The van der Waals surface area contributed by atoms with Gasteiger partial charge in [0.2, 0.25) is 5.91 Å². The predicted molar refractivity (Wildman–Crippen MR) is 73.1 cm³/mol. The Morgan fingerprint density at radius 2 is 1.53 bits per heavy atom. The molecule has 0 aliphatic rings. The molecule has 0 aliphatic carbocycles. The lowest BCUT2D eigenvalue weighted by molar-refractivity contribution is -0.130. The van der Waals surface area contributed by atoms with Crippen LogP contribution in [0.3, 0.4) is 0 Å². The minimum atomic E-state index is -0.105. The average molecular weight is 243 g/mol. The molecule has 0 saturated heterocycles. The van der Waals surface area contributed by atoms with Crippen molar-refractivity contribution in [2.45, 2.75) is 52.7 Å². The van der Waals surface area contributed by atoms with Crippen molar-refractivity contribution in [3.05, 3.63) is 0 Å². The van der Waals surface area contributed by atoms with Gasteiger partial charge >= 0.3 is 0 Å². The van der Waals surface area contributed by atoms with Crippen LogP contribution in [-0.2, 0) is 4.79 Å². The van der Waals surface area contributed by atoms with Crippen LogP contribution in [0.25, 0.3) is 0 Å². The van der Waals surface area contributed by atoms with Gasteiger partial charge in [0.25, 0.3) is 0 Å². The smallest absolute Gasteiger partial charge is 0.238 e. The lowest BCUT2D eigenvalue weighted by Crippen LogP contribution is -2.46. The molecular weight excluding hydrogens is 214 g/mol. The van der Waals surface area contributed by atoms with Crippen LogP contribution in [0.1, 0.15) is 34.6 Å². The van der Waals surface area contributed by atoms with Crippen LogP contribution in [-0.4, -0.2) is 61.0 Å². The van der Waals surface area contributed by atoms with Crippen molar-refractivity contribution in [3.8, 4) is 0 Å². The molecular formula is C13H29N3O. The van der Waals surface area contributed by atoms with E-state index < -0.39 is 0 Å². The molecule has 1 amide bonds. The van der Waals surface area contributed by atoms with Crippen molar-refractivity contribution < 1.29 is 4.79 Å². The van der Waals surface area contributed by atoms with Gasteiger partial charge < -0.3 is 10.2 Å². The van der Waals surface area contributed by atoms with E-state index in [2.05, 4.69) is 37.9 Å². The Kier molecular flexibility index (Phi) is 7.39. The lowest BCUT2D eigenvalue weighted by Gasteiger charge is -2.31. The summed E-state index contributed by atoms with van der Waals surface area (Å²) in [4.78, 5) is 15.7. The second kappa shape index (κ2) is 7.67. The molecule has 0 aromatic heterocycles. The van der Waals surface area contributed by atoms with Gasteiger partial charge in [-0.2, -0.15) is 0 Å². The van der Waals surface area contributed by atoms with Gasteiger partial charge in [0.15, 0.2) is 0 Å². The summed E-state index contributed by atoms with van der Waals surface area (Å²) in [7, 11) is 3.57. The Labute approximate surface area is 106 Å². The maximum absolute atomic E-state index is 11.6. The molecule has 4 heteroatoms. The summed E-state index contributed by atoms with van der Waals surface area (Å²) in [6, 6.07) is 0.972. The highest BCUT2D eigenvalue weighted by atomic mass is 16.2. The summed E-state index contributed by atoms with van der Waals surface area (Å²) in [6.07, 6.45) is 0. The number of carbonyl (C=O) groups is 1. The van der Waals surface area contributed by atoms with E-state index in [1.165, 1.54) is 0 Å². The first kappa shape index (κ1) is 16.4. The molecule has 1 atom stereocenters. The van der Waals surface area contributed by atoms with E-state index in [4.69, 9.17) is 0 Å². The van der Waals surface area contributed by atoms with Crippen LogP contribution in [0, 0.1) is 0 Å². The van der Waals surface area contributed by atoms with E-state index in [-0.39, 0.29) is 11.9 Å². The predicted octanol–water partition coefficient (Wildman–Crippen LogP) is 1.17. The Bertz CT molecular complexity index is 219. The van der Waals surface area contributed by atoms with Crippen molar-refractivity contribution in [1.82, 2.24) is 15.1 Å². The van der Waals surface area contributed by atoms with Crippen molar-refractivity contribution in [3.63, 3.8) is 0 Å². The van der Waals surface area contributed by atoms with Crippen molar-refractivity contribution in [1.29, 1.82) is 0 Å². The third kappa shape index (κ3) is 6.03. The molecule has 0 heterocycles. The number of amides is 1. The fourth-order valence-corrected chi connectivity index (χ4v) is 2.00. The fourth-order valence-electron chi connectivity index (χ4n) is 2.00. The van der Waals surface area contributed by atoms with E-state index in [9.17, 15) is 4.79 Å². The highest BCUT2D eigenvalue weighted by Crippen LogP contribution is 2.03. The zero-order chi connectivity index (χ0) is 13.6. The molecule has 1 N–H and O–H groups in total. The van der Waals surface area contributed by atoms with Gasteiger partial charge in [0, 0.05) is 39.3 Å². The number of likely N-dealkylation sites (N-methyl/N-ethyl adjacent to an activating group) is 1. The Morgan fingerprint density at radius 3 is 1.88 bits per heavy atom. The second-order valence-electron chi connectivity index (χ2n) is 5.33. The summed E-state index contributed by atoms with van der Waals surface area (Å²) >= 11 is 0. The molecule has 0 aliphatic heterocycles. The molecule has 0 bridgehead atoms. The standard InChI is InChI=1S/C13H29N3O/c1-10(2)16(11(3)4)9-8-14-12(5)13(17)15(6)7/h10-12,14H,8-9H2,1-7H3. The van der Waals surface area contributed by atoms with Crippen molar-refractivity contribution in [2.24, 2.45) is 0 Å². The van der Waals surface area contributed by atoms with Gasteiger partial charge in [0.1, 0.15) is 0 Å². The highest BCUT2D eigenvalue weighted by Gasteiger charge is 2.16. The quantitative estimate of drug-likeness (QED) is 0.729. The van der Waals surface area contributed by atoms with Crippen LogP contribution in [0.2, 0.25) is 0 Å². The average Bonchev–Trinajstić information content (AvgIpc) is 2.21. The fraction of sp³-hybridized carbons (Fsp3) is 0.923.